The van der Waals surface area contributed by atoms with Crippen LogP contribution >= 0.6 is 0 Å². The fourth-order valence-corrected chi connectivity index (χ4v) is 8.21. The second-order valence-corrected chi connectivity index (χ2v) is 14.8. The van der Waals surface area contributed by atoms with Crippen molar-refractivity contribution in [2.24, 2.45) is 0 Å². The topological polar surface area (TPSA) is 64.5 Å². The molecule has 11 rings (SSSR count). The van der Waals surface area contributed by atoms with Gasteiger partial charge in [0, 0.05) is 49.5 Å². The van der Waals surface area contributed by atoms with Gasteiger partial charge in [-0.2, -0.15) is 0 Å². The maximum atomic E-state index is 5.63. The van der Waals surface area contributed by atoms with Crippen LogP contribution in [-0.4, -0.2) is 24.9 Å². The minimum absolute atomic E-state index is 0.670. The first-order chi connectivity index (χ1) is 29.7. The third-order valence-electron chi connectivity index (χ3n) is 11.0. The second kappa shape index (κ2) is 15.0. The summed E-state index contributed by atoms with van der Waals surface area (Å²) in [6, 6.07) is 73.0. The van der Waals surface area contributed by atoms with Gasteiger partial charge >= 0.3 is 0 Å². The Kier molecular flexibility index (Phi) is 8.75. The van der Waals surface area contributed by atoms with Crippen LogP contribution in [0.1, 0.15) is 0 Å². The van der Waals surface area contributed by atoms with Crippen molar-refractivity contribution in [1.82, 2.24) is 24.9 Å². The molecule has 0 aliphatic carbocycles. The van der Waals surface area contributed by atoms with Crippen LogP contribution in [0.25, 0.3) is 112 Å². The van der Waals surface area contributed by atoms with Gasteiger partial charge in [0.25, 0.3) is 0 Å². The first-order valence-corrected chi connectivity index (χ1v) is 20.1. The van der Waals surface area contributed by atoms with Gasteiger partial charge in [0.2, 0.25) is 0 Å². The van der Waals surface area contributed by atoms with Crippen molar-refractivity contribution in [3.63, 3.8) is 0 Å². The zero-order valence-corrected chi connectivity index (χ0v) is 32.4. The fraction of sp³-hybridized carbons (Fsp3) is 0. The van der Waals surface area contributed by atoms with E-state index in [1.165, 1.54) is 0 Å². The van der Waals surface area contributed by atoms with Crippen LogP contribution < -0.4 is 0 Å². The van der Waals surface area contributed by atoms with Crippen molar-refractivity contribution in [2.45, 2.75) is 0 Å². The highest BCUT2D eigenvalue weighted by molar-refractivity contribution is 6.25. The van der Waals surface area contributed by atoms with Crippen LogP contribution in [-0.2, 0) is 0 Å². The van der Waals surface area contributed by atoms with E-state index in [-0.39, 0.29) is 0 Å². The number of aromatic nitrogens is 5. The number of nitrogens with zero attached hydrogens (tertiary/aromatic N) is 5. The Labute approximate surface area is 347 Å². The normalized spacial score (nSPS) is 11.3. The average molecular weight is 766 g/mol. The van der Waals surface area contributed by atoms with Gasteiger partial charge in [-0.25, -0.2) is 24.9 Å². The molecule has 0 saturated carbocycles. The smallest absolute Gasteiger partial charge is 0.160 e. The first kappa shape index (κ1) is 35.0. The molecular formula is C55H35N5. The SMILES string of the molecule is c1ccc(-c2cc(-c3cccc(-c4nc5ccccc5c5c(-c6ccccc6)cc6nc(-c7ccccc7)c(-c7ccccc7)nc6c45)c3)nc(-c3ccccc3)n2)cc1. The summed E-state index contributed by atoms with van der Waals surface area (Å²) < 4.78 is 0. The zero-order chi connectivity index (χ0) is 39.8. The molecule has 0 saturated heterocycles. The molecular weight excluding hydrogens is 731 g/mol. The number of fused-ring (bicyclic) bond motifs is 5. The molecule has 0 atom stereocenters. The fourth-order valence-electron chi connectivity index (χ4n) is 8.21. The highest BCUT2D eigenvalue weighted by Gasteiger charge is 2.23. The zero-order valence-electron chi connectivity index (χ0n) is 32.4. The summed E-state index contributed by atoms with van der Waals surface area (Å²) in [4.78, 5) is 26.9. The quantitative estimate of drug-likeness (QED) is 0.151. The van der Waals surface area contributed by atoms with Crippen LogP contribution in [0.15, 0.2) is 212 Å². The maximum absolute atomic E-state index is 5.63. The van der Waals surface area contributed by atoms with Gasteiger partial charge in [-0.3, -0.25) is 0 Å². The van der Waals surface area contributed by atoms with Crippen LogP contribution in [0.2, 0.25) is 0 Å². The minimum Gasteiger partial charge on any atom is -0.247 e. The Bertz CT molecular complexity index is 3280. The van der Waals surface area contributed by atoms with E-state index < -0.39 is 0 Å². The Morgan fingerprint density at radius 3 is 1.40 bits per heavy atom. The third kappa shape index (κ3) is 6.35. The Balaban J connectivity index is 1.23. The van der Waals surface area contributed by atoms with E-state index in [4.69, 9.17) is 24.9 Å². The Morgan fingerprint density at radius 2 is 0.750 bits per heavy atom. The van der Waals surface area contributed by atoms with Gasteiger partial charge in [0.15, 0.2) is 5.82 Å². The lowest BCUT2D eigenvalue weighted by Crippen LogP contribution is -2.00. The molecule has 0 unspecified atom stereocenters. The van der Waals surface area contributed by atoms with E-state index in [0.717, 1.165) is 106 Å². The Morgan fingerprint density at radius 1 is 0.267 bits per heavy atom. The van der Waals surface area contributed by atoms with E-state index in [2.05, 4.69) is 164 Å². The van der Waals surface area contributed by atoms with Crippen molar-refractivity contribution in [3.05, 3.63) is 212 Å². The van der Waals surface area contributed by atoms with Crippen molar-refractivity contribution in [1.29, 1.82) is 0 Å². The molecule has 5 heteroatoms. The van der Waals surface area contributed by atoms with Gasteiger partial charge in [-0.05, 0) is 35.4 Å². The molecule has 0 fully saturated rings. The largest absolute Gasteiger partial charge is 0.247 e. The molecule has 11 aromatic rings. The number of hydrogen-bond acceptors (Lipinski definition) is 5. The summed E-state index contributed by atoms with van der Waals surface area (Å²) in [5, 5.41) is 3.09. The minimum atomic E-state index is 0.670. The number of para-hydroxylation sites is 1. The molecule has 8 aromatic carbocycles. The van der Waals surface area contributed by atoms with Crippen molar-refractivity contribution in [2.75, 3.05) is 0 Å². The lowest BCUT2D eigenvalue weighted by molar-refractivity contribution is 1.18. The molecule has 0 aliphatic heterocycles. The number of benzene rings is 8. The molecule has 0 radical (unpaired) electrons. The summed E-state index contributed by atoms with van der Waals surface area (Å²) in [7, 11) is 0. The van der Waals surface area contributed by atoms with E-state index >= 15 is 0 Å². The summed E-state index contributed by atoms with van der Waals surface area (Å²) in [6.07, 6.45) is 0. The molecule has 3 heterocycles. The van der Waals surface area contributed by atoms with Crippen molar-refractivity contribution < 1.29 is 0 Å². The first-order valence-electron chi connectivity index (χ1n) is 20.1. The Hall–Kier alpha value is -8.15. The summed E-state index contributed by atoms with van der Waals surface area (Å²) in [5.41, 5.74) is 14.7. The maximum Gasteiger partial charge on any atom is 0.160 e. The molecule has 280 valence electrons. The molecule has 0 N–H and O–H groups in total. The highest BCUT2D eigenvalue weighted by Crippen LogP contribution is 2.44. The van der Waals surface area contributed by atoms with E-state index in [1.54, 1.807) is 0 Å². The monoisotopic (exact) mass is 765 g/mol. The van der Waals surface area contributed by atoms with Crippen LogP contribution in [0.4, 0.5) is 0 Å². The van der Waals surface area contributed by atoms with Crippen LogP contribution in [0.3, 0.4) is 0 Å². The lowest BCUT2D eigenvalue weighted by Gasteiger charge is -2.18. The third-order valence-corrected chi connectivity index (χ3v) is 11.0. The van der Waals surface area contributed by atoms with Crippen LogP contribution in [0, 0.1) is 0 Å². The van der Waals surface area contributed by atoms with Crippen LogP contribution in [0.5, 0.6) is 0 Å². The van der Waals surface area contributed by atoms with E-state index in [0.29, 0.717) is 5.82 Å². The van der Waals surface area contributed by atoms with Gasteiger partial charge in [0.1, 0.15) is 0 Å². The molecule has 0 bridgehead atoms. The molecule has 0 aliphatic rings. The average Bonchev–Trinajstić information content (AvgIpc) is 3.34. The molecule has 5 nitrogen and oxygen atoms in total. The predicted molar refractivity (Wildman–Crippen MR) is 246 cm³/mol. The van der Waals surface area contributed by atoms with E-state index in [9.17, 15) is 0 Å². The van der Waals surface area contributed by atoms with E-state index in [1.807, 2.05) is 48.5 Å². The number of pyridine rings is 1. The van der Waals surface area contributed by atoms with Gasteiger partial charge in [-0.1, -0.05) is 188 Å². The standard InChI is InChI=1S/C55H35N5/c1-6-19-36(20-7-1)44-34-48-54(60-53(39-25-12-4-13-26-39)52(57-48)38-23-10-3-11-24-38)50-49(44)43-31-16-17-32-45(43)56-51(50)42-30-18-29-41(33-42)47-35-46(37-21-8-2-9-22-37)58-55(59-47)40-27-14-5-15-28-40/h1-35H. The molecule has 0 amide bonds. The summed E-state index contributed by atoms with van der Waals surface area (Å²) in [6.45, 7) is 0. The van der Waals surface area contributed by atoms with Crippen molar-refractivity contribution >= 4 is 32.7 Å². The summed E-state index contributed by atoms with van der Waals surface area (Å²) in [5.74, 6) is 0.670. The predicted octanol–water partition coefficient (Wildman–Crippen LogP) is 13.8. The number of rotatable bonds is 7. The molecule has 3 aromatic heterocycles. The lowest BCUT2D eigenvalue weighted by atomic mass is 9.91. The molecule has 0 spiro atoms. The molecule has 60 heavy (non-hydrogen) atoms. The number of hydrogen-bond donors (Lipinski definition) is 0. The van der Waals surface area contributed by atoms with Crippen molar-refractivity contribution in [3.8, 4) is 78.8 Å². The van der Waals surface area contributed by atoms with Gasteiger partial charge in [0.05, 0.1) is 45.0 Å². The second-order valence-electron chi connectivity index (χ2n) is 14.8. The summed E-state index contributed by atoms with van der Waals surface area (Å²) >= 11 is 0. The highest BCUT2D eigenvalue weighted by atomic mass is 14.9. The van der Waals surface area contributed by atoms with Gasteiger partial charge < -0.3 is 0 Å². The van der Waals surface area contributed by atoms with Gasteiger partial charge in [-0.15, -0.1) is 0 Å².